The first kappa shape index (κ1) is 20.7. The maximum absolute atomic E-state index is 6.37. The minimum Gasteiger partial charge on any atom is -0.382 e. The molecule has 4 aromatic rings. The van der Waals surface area contributed by atoms with Crippen LogP contribution in [0.15, 0.2) is 42.6 Å². The first-order valence-corrected chi connectivity index (χ1v) is 12.0. The van der Waals surface area contributed by atoms with Gasteiger partial charge in [0, 0.05) is 48.0 Å². The molecule has 4 heterocycles. The molecule has 8 heteroatoms. The fourth-order valence-corrected chi connectivity index (χ4v) is 5.00. The molecule has 0 aliphatic carbocycles. The number of aromatic nitrogens is 3. The number of fused-ring (bicyclic) bond motifs is 2. The zero-order chi connectivity index (χ0) is 22.2. The fraction of sp³-hybridized carbons (Fsp3) is 0.360. The van der Waals surface area contributed by atoms with E-state index in [9.17, 15) is 0 Å². The predicted molar refractivity (Wildman–Crippen MR) is 134 cm³/mol. The molecular formula is C25H27ClN6O. The molecule has 2 aliphatic heterocycles. The van der Waals surface area contributed by atoms with Crippen LogP contribution >= 0.6 is 11.6 Å². The largest absolute Gasteiger partial charge is 0.382 e. The van der Waals surface area contributed by atoms with Crippen molar-refractivity contribution in [3.05, 3.63) is 47.6 Å². The number of pyridine rings is 1. The van der Waals surface area contributed by atoms with E-state index in [1.54, 1.807) is 0 Å². The third kappa shape index (κ3) is 4.12. The standard InChI is InChI=1S/C25H27ClN6O/c26-16-3-5-21-19(12-16)24(29-14-17-2-1-7-27-17)20(15-28-21)25-30-22-6-4-18(13-23(22)31-25)32-8-10-33-11-9-32/h3-6,12-13,15,17,27H,1-2,7-11,14H2,(H,28,29)(H,30,31). The van der Waals surface area contributed by atoms with Crippen molar-refractivity contribution in [2.24, 2.45) is 0 Å². The van der Waals surface area contributed by atoms with Crippen molar-refractivity contribution in [3.63, 3.8) is 0 Å². The Morgan fingerprint density at radius 1 is 1.12 bits per heavy atom. The zero-order valence-electron chi connectivity index (χ0n) is 18.4. The Morgan fingerprint density at radius 2 is 2.03 bits per heavy atom. The highest BCUT2D eigenvalue weighted by Crippen LogP contribution is 2.35. The third-order valence-electron chi connectivity index (χ3n) is 6.62. The van der Waals surface area contributed by atoms with Crippen LogP contribution in [0.1, 0.15) is 12.8 Å². The lowest BCUT2D eigenvalue weighted by Crippen LogP contribution is -2.36. The Morgan fingerprint density at radius 3 is 2.88 bits per heavy atom. The highest BCUT2D eigenvalue weighted by molar-refractivity contribution is 6.31. The van der Waals surface area contributed by atoms with Crippen LogP contribution in [0.2, 0.25) is 5.02 Å². The van der Waals surface area contributed by atoms with Gasteiger partial charge in [-0.25, -0.2) is 4.98 Å². The second kappa shape index (κ2) is 8.82. The van der Waals surface area contributed by atoms with Crippen molar-refractivity contribution in [1.82, 2.24) is 20.3 Å². The van der Waals surface area contributed by atoms with Crippen molar-refractivity contribution in [2.45, 2.75) is 18.9 Å². The minimum atomic E-state index is 0.465. The van der Waals surface area contributed by atoms with E-state index in [0.29, 0.717) is 11.1 Å². The number of rotatable bonds is 5. The van der Waals surface area contributed by atoms with Crippen LogP contribution in [-0.4, -0.2) is 60.4 Å². The van der Waals surface area contributed by atoms with Gasteiger partial charge in [0.2, 0.25) is 0 Å². The number of halogens is 1. The van der Waals surface area contributed by atoms with Gasteiger partial charge in [0.15, 0.2) is 0 Å². The summed E-state index contributed by atoms with van der Waals surface area (Å²) in [6.45, 7) is 5.26. The van der Waals surface area contributed by atoms with Crippen molar-refractivity contribution in [1.29, 1.82) is 0 Å². The van der Waals surface area contributed by atoms with Gasteiger partial charge in [0.05, 0.1) is 41.0 Å². The number of imidazole rings is 1. The van der Waals surface area contributed by atoms with Crippen molar-refractivity contribution in [3.8, 4) is 11.4 Å². The highest BCUT2D eigenvalue weighted by Gasteiger charge is 2.19. The summed E-state index contributed by atoms with van der Waals surface area (Å²) in [5.74, 6) is 0.806. The molecule has 33 heavy (non-hydrogen) atoms. The van der Waals surface area contributed by atoms with E-state index in [0.717, 1.165) is 78.4 Å². The van der Waals surface area contributed by atoms with Crippen LogP contribution in [0.4, 0.5) is 11.4 Å². The molecule has 6 rings (SSSR count). The topological polar surface area (TPSA) is 78.1 Å². The van der Waals surface area contributed by atoms with Gasteiger partial charge >= 0.3 is 0 Å². The average molecular weight is 463 g/mol. The summed E-state index contributed by atoms with van der Waals surface area (Å²) in [6.07, 6.45) is 4.31. The Bertz CT molecular complexity index is 1290. The van der Waals surface area contributed by atoms with Crippen molar-refractivity contribution < 1.29 is 4.74 Å². The first-order valence-electron chi connectivity index (χ1n) is 11.6. The summed E-state index contributed by atoms with van der Waals surface area (Å²) in [6, 6.07) is 12.7. The number of morpholine rings is 1. The van der Waals surface area contributed by atoms with E-state index in [2.05, 4.69) is 38.7 Å². The van der Waals surface area contributed by atoms with Crippen LogP contribution in [-0.2, 0) is 4.74 Å². The molecule has 1 unspecified atom stereocenters. The molecular weight excluding hydrogens is 436 g/mol. The third-order valence-corrected chi connectivity index (χ3v) is 6.85. The molecule has 0 spiro atoms. The smallest absolute Gasteiger partial charge is 0.142 e. The van der Waals surface area contributed by atoms with Crippen molar-refractivity contribution >= 4 is 44.9 Å². The second-order valence-corrected chi connectivity index (χ2v) is 9.21. The minimum absolute atomic E-state index is 0.465. The number of anilines is 2. The van der Waals surface area contributed by atoms with Crippen LogP contribution in [0.3, 0.4) is 0 Å². The molecule has 1 atom stereocenters. The lowest BCUT2D eigenvalue weighted by molar-refractivity contribution is 0.122. The highest BCUT2D eigenvalue weighted by atomic mass is 35.5. The van der Waals surface area contributed by atoms with E-state index >= 15 is 0 Å². The Hall–Kier alpha value is -2.87. The predicted octanol–water partition coefficient (Wildman–Crippen LogP) is 4.43. The lowest BCUT2D eigenvalue weighted by atomic mass is 10.1. The molecule has 2 aliphatic rings. The number of benzene rings is 2. The molecule has 0 radical (unpaired) electrons. The summed E-state index contributed by atoms with van der Waals surface area (Å²) in [7, 11) is 0. The summed E-state index contributed by atoms with van der Waals surface area (Å²) >= 11 is 6.37. The number of nitrogens with zero attached hydrogens (tertiary/aromatic N) is 3. The Kier molecular flexibility index (Phi) is 5.54. The maximum Gasteiger partial charge on any atom is 0.142 e. The van der Waals surface area contributed by atoms with Gasteiger partial charge in [-0.2, -0.15) is 0 Å². The van der Waals surface area contributed by atoms with Gasteiger partial charge in [-0.1, -0.05) is 11.6 Å². The molecule has 2 aromatic carbocycles. The van der Waals surface area contributed by atoms with E-state index in [1.165, 1.54) is 18.5 Å². The van der Waals surface area contributed by atoms with Crippen molar-refractivity contribution in [2.75, 3.05) is 49.6 Å². The lowest BCUT2D eigenvalue weighted by Gasteiger charge is -2.28. The van der Waals surface area contributed by atoms with E-state index in [-0.39, 0.29) is 0 Å². The first-order chi connectivity index (χ1) is 16.2. The molecule has 0 amide bonds. The van der Waals surface area contributed by atoms with Gasteiger partial charge in [0.25, 0.3) is 0 Å². The number of hydrogen-bond donors (Lipinski definition) is 3. The summed E-state index contributed by atoms with van der Waals surface area (Å²) in [5, 5.41) is 8.96. The van der Waals surface area contributed by atoms with Gasteiger partial charge in [-0.15, -0.1) is 0 Å². The molecule has 2 fully saturated rings. The molecule has 0 bridgehead atoms. The van der Waals surface area contributed by atoms with Crippen LogP contribution in [0.5, 0.6) is 0 Å². The molecule has 170 valence electrons. The fourth-order valence-electron chi connectivity index (χ4n) is 4.83. The monoisotopic (exact) mass is 462 g/mol. The summed E-state index contributed by atoms with van der Waals surface area (Å²) in [5.41, 5.74) is 6.02. The van der Waals surface area contributed by atoms with Gasteiger partial charge < -0.3 is 25.3 Å². The zero-order valence-corrected chi connectivity index (χ0v) is 19.2. The normalized spacial score (nSPS) is 18.9. The average Bonchev–Trinajstić information content (AvgIpc) is 3.52. The molecule has 0 saturated carbocycles. The van der Waals surface area contributed by atoms with Crippen LogP contribution in [0.25, 0.3) is 33.3 Å². The van der Waals surface area contributed by atoms with Gasteiger partial charge in [-0.3, -0.25) is 4.98 Å². The quantitative estimate of drug-likeness (QED) is 0.407. The maximum atomic E-state index is 6.37. The van der Waals surface area contributed by atoms with E-state index in [1.807, 2.05) is 24.4 Å². The van der Waals surface area contributed by atoms with Gasteiger partial charge in [0.1, 0.15) is 5.82 Å². The number of hydrogen-bond acceptors (Lipinski definition) is 6. The Labute approximate surface area is 197 Å². The number of H-pyrrole nitrogens is 1. The number of aromatic amines is 1. The molecule has 7 nitrogen and oxygen atoms in total. The molecule has 2 aromatic heterocycles. The van der Waals surface area contributed by atoms with Crippen LogP contribution < -0.4 is 15.5 Å². The van der Waals surface area contributed by atoms with Crippen LogP contribution in [0, 0.1) is 0 Å². The van der Waals surface area contributed by atoms with E-state index < -0.39 is 0 Å². The number of ether oxygens (including phenoxy) is 1. The van der Waals surface area contributed by atoms with Gasteiger partial charge in [-0.05, 0) is 55.8 Å². The Balaban J connectivity index is 1.40. The summed E-state index contributed by atoms with van der Waals surface area (Å²) in [4.78, 5) is 15.5. The molecule has 3 N–H and O–H groups in total. The second-order valence-electron chi connectivity index (χ2n) is 8.77. The SMILES string of the molecule is Clc1ccc2ncc(-c3nc4cc(N5CCOCC5)ccc4[nH]3)c(NCC3CCCN3)c2c1. The number of nitrogens with one attached hydrogen (secondary N) is 3. The van der Waals surface area contributed by atoms with E-state index in [4.69, 9.17) is 26.3 Å². The molecule has 2 saturated heterocycles. The summed E-state index contributed by atoms with van der Waals surface area (Å²) < 4.78 is 5.50.